The first-order valence-electron chi connectivity index (χ1n) is 7.08. The minimum absolute atomic E-state index is 0.0194. The Morgan fingerprint density at radius 1 is 1.45 bits per heavy atom. The van der Waals surface area contributed by atoms with Crippen molar-refractivity contribution in [1.82, 2.24) is 9.97 Å². The summed E-state index contributed by atoms with van der Waals surface area (Å²) in [5.74, 6) is 0.525. The van der Waals surface area contributed by atoms with Crippen LogP contribution in [0.1, 0.15) is 18.4 Å². The first kappa shape index (κ1) is 14.5. The Morgan fingerprint density at radius 2 is 2.36 bits per heavy atom. The Morgan fingerprint density at radius 3 is 3.14 bits per heavy atom. The van der Waals surface area contributed by atoms with Crippen LogP contribution in [-0.2, 0) is 4.79 Å². The van der Waals surface area contributed by atoms with Crippen LogP contribution in [0.2, 0.25) is 0 Å². The number of nitrogens with zero attached hydrogens (tertiary/aromatic N) is 4. The van der Waals surface area contributed by atoms with E-state index in [4.69, 9.17) is 0 Å². The maximum atomic E-state index is 12.3. The monoisotopic (exact) mass is 313 g/mol. The maximum absolute atomic E-state index is 12.3. The van der Waals surface area contributed by atoms with Gasteiger partial charge in [-0.05, 0) is 25.0 Å². The van der Waals surface area contributed by atoms with Gasteiger partial charge in [0.2, 0.25) is 5.91 Å². The maximum Gasteiger partial charge on any atom is 0.231 e. The van der Waals surface area contributed by atoms with Gasteiger partial charge in [0.05, 0.1) is 11.5 Å². The number of hydrogen-bond donors (Lipinski definition) is 1. The van der Waals surface area contributed by atoms with Gasteiger partial charge in [-0.1, -0.05) is 0 Å². The number of anilines is 2. The normalized spacial score (nSPS) is 17.8. The van der Waals surface area contributed by atoms with E-state index in [1.54, 1.807) is 24.5 Å². The third-order valence-corrected chi connectivity index (χ3v) is 4.35. The SMILES string of the molecule is N#Cc1cccnc1N1CCC[C@@H](C(=O)Nc2nccs2)C1. The number of hydrogen-bond acceptors (Lipinski definition) is 6. The minimum Gasteiger partial charge on any atom is -0.355 e. The number of pyridine rings is 1. The van der Waals surface area contributed by atoms with Crippen LogP contribution in [0, 0.1) is 17.2 Å². The Bertz CT molecular complexity index is 694. The first-order chi connectivity index (χ1) is 10.8. The zero-order valence-electron chi connectivity index (χ0n) is 11.9. The summed E-state index contributed by atoms with van der Waals surface area (Å²) in [4.78, 5) is 22.7. The highest BCUT2D eigenvalue weighted by molar-refractivity contribution is 7.13. The molecule has 0 bridgehead atoms. The number of amides is 1. The number of aromatic nitrogens is 2. The van der Waals surface area contributed by atoms with E-state index in [9.17, 15) is 10.1 Å². The average molecular weight is 313 g/mol. The summed E-state index contributed by atoms with van der Waals surface area (Å²) in [5, 5.41) is 14.5. The van der Waals surface area contributed by atoms with Crippen LogP contribution in [0.25, 0.3) is 0 Å². The molecule has 112 valence electrons. The lowest BCUT2D eigenvalue weighted by Gasteiger charge is -2.33. The molecule has 0 spiro atoms. The molecule has 22 heavy (non-hydrogen) atoms. The largest absolute Gasteiger partial charge is 0.355 e. The summed E-state index contributed by atoms with van der Waals surface area (Å²) in [6.07, 6.45) is 5.08. The van der Waals surface area contributed by atoms with Crippen LogP contribution in [0.5, 0.6) is 0 Å². The van der Waals surface area contributed by atoms with Gasteiger partial charge in [0.15, 0.2) is 5.13 Å². The summed E-state index contributed by atoms with van der Waals surface area (Å²) in [6.45, 7) is 1.38. The molecule has 1 aliphatic heterocycles. The van der Waals surface area contributed by atoms with Crippen LogP contribution < -0.4 is 10.2 Å². The second-order valence-corrected chi connectivity index (χ2v) is 5.99. The molecule has 3 heterocycles. The van der Waals surface area contributed by atoms with Gasteiger partial charge in [-0.3, -0.25) is 4.79 Å². The molecule has 1 aliphatic rings. The molecule has 1 N–H and O–H groups in total. The Kier molecular flexibility index (Phi) is 4.30. The number of carbonyl (C=O) groups is 1. The van der Waals surface area contributed by atoms with Crippen molar-refractivity contribution in [3.63, 3.8) is 0 Å². The topological polar surface area (TPSA) is 81.9 Å². The zero-order chi connectivity index (χ0) is 15.4. The van der Waals surface area contributed by atoms with Gasteiger partial charge in [0.25, 0.3) is 0 Å². The van der Waals surface area contributed by atoms with E-state index in [0.29, 0.717) is 23.1 Å². The lowest BCUT2D eigenvalue weighted by molar-refractivity contribution is -0.120. The number of nitriles is 1. The predicted molar refractivity (Wildman–Crippen MR) is 84.6 cm³/mol. The van der Waals surface area contributed by atoms with Crippen LogP contribution in [0.15, 0.2) is 29.9 Å². The fourth-order valence-electron chi connectivity index (χ4n) is 2.61. The van der Waals surface area contributed by atoms with E-state index >= 15 is 0 Å². The summed E-state index contributed by atoms with van der Waals surface area (Å²) < 4.78 is 0. The van der Waals surface area contributed by atoms with Crippen molar-refractivity contribution >= 4 is 28.2 Å². The van der Waals surface area contributed by atoms with Crippen molar-refractivity contribution in [2.45, 2.75) is 12.8 Å². The van der Waals surface area contributed by atoms with Crippen molar-refractivity contribution in [2.75, 3.05) is 23.3 Å². The Balaban J connectivity index is 1.71. The molecular formula is C15H15N5OS. The molecule has 1 atom stereocenters. The lowest BCUT2D eigenvalue weighted by atomic mass is 9.97. The van der Waals surface area contributed by atoms with Crippen molar-refractivity contribution in [3.8, 4) is 6.07 Å². The van der Waals surface area contributed by atoms with E-state index in [1.165, 1.54) is 11.3 Å². The molecular weight excluding hydrogens is 298 g/mol. The summed E-state index contributed by atoms with van der Waals surface area (Å²) in [5.41, 5.74) is 0.545. The van der Waals surface area contributed by atoms with Gasteiger partial charge < -0.3 is 10.2 Å². The molecule has 0 radical (unpaired) electrons. The smallest absolute Gasteiger partial charge is 0.231 e. The van der Waals surface area contributed by atoms with E-state index in [2.05, 4.69) is 21.4 Å². The second kappa shape index (κ2) is 6.54. The third-order valence-electron chi connectivity index (χ3n) is 3.66. The second-order valence-electron chi connectivity index (χ2n) is 5.10. The van der Waals surface area contributed by atoms with Gasteiger partial charge >= 0.3 is 0 Å². The number of nitrogens with one attached hydrogen (secondary N) is 1. The van der Waals surface area contributed by atoms with Crippen molar-refractivity contribution in [1.29, 1.82) is 5.26 Å². The van der Waals surface area contributed by atoms with Crippen molar-refractivity contribution in [2.24, 2.45) is 5.92 Å². The Hall–Kier alpha value is -2.46. The van der Waals surface area contributed by atoms with Gasteiger partial charge in [-0.15, -0.1) is 11.3 Å². The molecule has 0 aliphatic carbocycles. The minimum atomic E-state index is -0.119. The molecule has 1 fully saturated rings. The first-order valence-corrected chi connectivity index (χ1v) is 7.96. The molecule has 6 nitrogen and oxygen atoms in total. The van der Waals surface area contributed by atoms with Crippen LogP contribution in [0.3, 0.4) is 0 Å². The van der Waals surface area contributed by atoms with Crippen LogP contribution in [0.4, 0.5) is 10.9 Å². The third kappa shape index (κ3) is 3.07. The fourth-order valence-corrected chi connectivity index (χ4v) is 3.14. The van der Waals surface area contributed by atoms with Crippen molar-refractivity contribution < 1.29 is 4.79 Å². The molecule has 0 saturated carbocycles. The standard InChI is InChI=1S/C15H15N5OS/c16-9-11-3-1-5-17-13(11)20-7-2-4-12(10-20)14(21)19-15-18-6-8-22-15/h1,3,5-6,8,12H,2,4,7,10H2,(H,18,19,21)/t12-/m1/s1. The van der Waals surface area contributed by atoms with Crippen molar-refractivity contribution in [3.05, 3.63) is 35.5 Å². The highest BCUT2D eigenvalue weighted by Crippen LogP contribution is 2.25. The molecule has 3 rings (SSSR count). The van der Waals surface area contributed by atoms with Gasteiger partial charge in [-0.2, -0.15) is 5.26 Å². The molecule has 1 saturated heterocycles. The quantitative estimate of drug-likeness (QED) is 0.940. The highest BCUT2D eigenvalue weighted by atomic mass is 32.1. The summed E-state index contributed by atoms with van der Waals surface area (Å²) in [6, 6.07) is 5.66. The van der Waals surface area contributed by atoms with Gasteiger partial charge in [0.1, 0.15) is 11.9 Å². The van der Waals surface area contributed by atoms with Gasteiger partial charge in [-0.25, -0.2) is 9.97 Å². The predicted octanol–water partition coefficient (Wildman–Crippen LogP) is 2.26. The molecule has 0 aromatic carbocycles. The average Bonchev–Trinajstić information content (AvgIpc) is 3.08. The molecule has 2 aromatic rings. The number of thiazole rings is 1. The lowest BCUT2D eigenvalue weighted by Crippen LogP contribution is -2.41. The number of carbonyl (C=O) groups excluding carboxylic acids is 1. The van der Waals surface area contributed by atoms with Gasteiger partial charge in [0, 0.05) is 30.9 Å². The molecule has 7 heteroatoms. The van der Waals surface area contributed by atoms with E-state index in [1.807, 2.05) is 10.3 Å². The Labute approximate surface area is 132 Å². The van der Waals surface area contributed by atoms with E-state index < -0.39 is 0 Å². The molecule has 0 unspecified atom stereocenters. The van der Waals surface area contributed by atoms with E-state index in [-0.39, 0.29) is 11.8 Å². The summed E-state index contributed by atoms with van der Waals surface area (Å²) in [7, 11) is 0. The highest BCUT2D eigenvalue weighted by Gasteiger charge is 2.28. The zero-order valence-corrected chi connectivity index (χ0v) is 12.7. The molecule has 1 amide bonds. The van der Waals surface area contributed by atoms with E-state index in [0.717, 1.165) is 19.4 Å². The van der Waals surface area contributed by atoms with Crippen LogP contribution in [-0.4, -0.2) is 29.0 Å². The number of piperidine rings is 1. The number of rotatable bonds is 3. The fraction of sp³-hybridized carbons (Fsp3) is 0.333. The summed E-state index contributed by atoms with van der Waals surface area (Å²) >= 11 is 1.41. The molecule has 2 aromatic heterocycles. The van der Waals surface area contributed by atoms with Crippen LogP contribution >= 0.6 is 11.3 Å².